The summed E-state index contributed by atoms with van der Waals surface area (Å²) < 4.78 is 25.4. The van der Waals surface area contributed by atoms with Crippen LogP contribution in [0.2, 0.25) is 0 Å². The molecule has 0 nitrogen and oxygen atoms in total. The third-order valence-corrected chi connectivity index (χ3v) is 3.01. The zero-order valence-corrected chi connectivity index (χ0v) is 9.47. The van der Waals surface area contributed by atoms with Gasteiger partial charge in [-0.3, -0.25) is 0 Å². The van der Waals surface area contributed by atoms with E-state index in [1.54, 1.807) is 6.07 Å². The largest absolute Gasteiger partial charge is 0.264 e. The molecule has 0 atom stereocenters. The van der Waals surface area contributed by atoms with E-state index in [2.05, 4.69) is 15.9 Å². The van der Waals surface area contributed by atoms with Crippen molar-refractivity contribution < 1.29 is 8.78 Å². The Labute approximate surface area is 95.0 Å². The highest BCUT2D eigenvalue weighted by atomic mass is 79.9. The molecule has 0 saturated heterocycles. The van der Waals surface area contributed by atoms with Gasteiger partial charge in [0.05, 0.1) is 0 Å². The second-order valence-corrected chi connectivity index (χ2v) is 3.85. The minimum atomic E-state index is -2.41. The zero-order valence-electron chi connectivity index (χ0n) is 7.88. The number of rotatable bonds is 2. The summed E-state index contributed by atoms with van der Waals surface area (Å²) in [7, 11) is 0. The molecule has 2 aromatic carbocycles. The van der Waals surface area contributed by atoms with Crippen LogP contribution >= 0.6 is 15.9 Å². The lowest BCUT2D eigenvalue weighted by Gasteiger charge is -2.09. The lowest BCUT2D eigenvalue weighted by atomic mass is 10.0. The van der Waals surface area contributed by atoms with Crippen LogP contribution in [0, 0.1) is 0 Å². The third kappa shape index (κ3) is 1.88. The second kappa shape index (κ2) is 4.27. The Morgan fingerprint density at radius 3 is 2.47 bits per heavy atom. The maximum atomic E-state index is 12.7. The van der Waals surface area contributed by atoms with Gasteiger partial charge in [0, 0.05) is 10.9 Å². The quantitative estimate of drug-likeness (QED) is 0.696. The van der Waals surface area contributed by atoms with Gasteiger partial charge in [0.25, 0.3) is 6.43 Å². The fraction of sp³-hybridized carbons (Fsp3) is 0.167. The molecule has 0 aliphatic carbocycles. The van der Waals surface area contributed by atoms with E-state index >= 15 is 0 Å². The molecule has 0 saturated carbocycles. The molecule has 0 spiro atoms. The maximum Gasteiger partial charge on any atom is 0.264 e. The highest BCUT2D eigenvalue weighted by molar-refractivity contribution is 9.08. The minimum Gasteiger partial charge on any atom is -0.205 e. The van der Waals surface area contributed by atoms with Crippen LogP contribution in [0.5, 0.6) is 0 Å². The first-order chi connectivity index (χ1) is 7.24. The van der Waals surface area contributed by atoms with Gasteiger partial charge in [-0.2, -0.15) is 0 Å². The topological polar surface area (TPSA) is 0 Å². The molecule has 2 aromatic rings. The van der Waals surface area contributed by atoms with Gasteiger partial charge in [-0.15, -0.1) is 0 Å². The molecule has 0 aliphatic rings. The molecule has 3 heteroatoms. The lowest BCUT2D eigenvalue weighted by Crippen LogP contribution is -1.93. The SMILES string of the molecule is FC(F)c1ccc2ccccc2c1CBr. The van der Waals surface area contributed by atoms with Gasteiger partial charge in [-0.1, -0.05) is 52.3 Å². The van der Waals surface area contributed by atoms with Gasteiger partial charge in [0.1, 0.15) is 0 Å². The lowest BCUT2D eigenvalue weighted by molar-refractivity contribution is 0.151. The zero-order chi connectivity index (χ0) is 10.8. The number of hydrogen-bond donors (Lipinski definition) is 0. The normalized spacial score (nSPS) is 11.2. The molecule has 2 rings (SSSR count). The molecule has 15 heavy (non-hydrogen) atoms. The number of hydrogen-bond acceptors (Lipinski definition) is 0. The van der Waals surface area contributed by atoms with Crippen molar-refractivity contribution in [3.05, 3.63) is 47.5 Å². The summed E-state index contributed by atoms with van der Waals surface area (Å²) in [5.74, 6) is 0. The van der Waals surface area contributed by atoms with E-state index in [0.29, 0.717) is 10.9 Å². The Morgan fingerprint density at radius 2 is 1.80 bits per heavy atom. The average Bonchev–Trinajstić information content (AvgIpc) is 2.27. The second-order valence-electron chi connectivity index (χ2n) is 3.29. The first-order valence-electron chi connectivity index (χ1n) is 4.58. The van der Waals surface area contributed by atoms with Gasteiger partial charge in [-0.25, -0.2) is 8.78 Å². The summed E-state index contributed by atoms with van der Waals surface area (Å²) in [4.78, 5) is 0. The van der Waals surface area contributed by atoms with E-state index in [1.807, 2.05) is 24.3 Å². The highest BCUT2D eigenvalue weighted by Gasteiger charge is 2.14. The molecule has 0 heterocycles. The van der Waals surface area contributed by atoms with Crippen molar-refractivity contribution in [3.8, 4) is 0 Å². The number of benzene rings is 2. The van der Waals surface area contributed by atoms with Gasteiger partial charge >= 0.3 is 0 Å². The molecule has 0 aliphatic heterocycles. The van der Waals surface area contributed by atoms with E-state index in [1.165, 1.54) is 6.07 Å². The Hall–Kier alpha value is -0.960. The standard InChI is InChI=1S/C12H9BrF2/c13-7-11-9-4-2-1-3-8(9)5-6-10(11)12(14)15/h1-6,12H,7H2. The van der Waals surface area contributed by atoms with E-state index < -0.39 is 6.43 Å². The summed E-state index contributed by atoms with van der Waals surface area (Å²) >= 11 is 3.26. The van der Waals surface area contributed by atoms with Crippen molar-refractivity contribution in [2.75, 3.05) is 0 Å². The smallest absolute Gasteiger partial charge is 0.205 e. The molecular formula is C12H9BrF2. The molecule has 0 N–H and O–H groups in total. The van der Waals surface area contributed by atoms with E-state index in [0.717, 1.165) is 10.8 Å². The minimum absolute atomic E-state index is 0.116. The summed E-state index contributed by atoms with van der Waals surface area (Å²) in [6.07, 6.45) is -2.41. The van der Waals surface area contributed by atoms with Crippen molar-refractivity contribution >= 4 is 26.7 Å². The van der Waals surface area contributed by atoms with Crippen LogP contribution in [-0.2, 0) is 5.33 Å². The molecule has 0 bridgehead atoms. The Bertz CT molecular complexity index is 480. The molecule has 78 valence electrons. The fourth-order valence-electron chi connectivity index (χ4n) is 1.71. The molecule has 0 unspecified atom stereocenters. The number of halogens is 3. The van der Waals surface area contributed by atoms with E-state index in [9.17, 15) is 8.78 Å². The molecule has 0 amide bonds. The molecule has 0 fully saturated rings. The maximum absolute atomic E-state index is 12.7. The van der Waals surface area contributed by atoms with Crippen molar-refractivity contribution in [2.24, 2.45) is 0 Å². The van der Waals surface area contributed by atoms with Gasteiger partial charge < -0.3 is 0 Å². The van der Waals surface area contributed by atoms with Gasteiger partial charge in [0.15, 0.2) is 0 Å². The first kappa shape index (κ1) is 10.6. The summed E-state index contributed by atoms with van der Waals surface area (Å²) in [6.45, 7) is 0. The van der Waals surface area contributed by atoms with Crippen LogP contribution in [0.25, 0.3) is 10.8 Å². The van der Waals surface area contributed by atoms with Crippen molar-refractivity contribution in [3.63, 3.8) is 0 Å². The third-order valence-electron chi connectivity index (χ3n) is 2.45. The van der Waals surface area contributed by atoms with Crippen LogP contribution in [-0.4, -0.2) is 0 Å². The predicted molar refractivity (Wildman–Crippen MR) is 61.5 cm³/mol. The molecular weight excluding hydrogens is 262 g/mol. The summed E-state index contributed by atoms with van der Waals surface area (Å²) in [5, 5.41) is 2.34. The van der Waals surface area contributed by atoms with E-state index in [4.69, 9.17) is 0 Å². The van der Waals surface area contributed by atoms with Crippen LogP contribution < -0.4 is 0 Å². The van der Waals surface area contributed by atoms with Crippen LogP contribution in [0.15, 0.2) is 36.4 Å². The summed E-state index contributed by atoms with van der Waals surface area (Å²) in [6, 6.07) is 10.8. The van der Waals surface area contributed by atoms with Gasteiger partial charge in [-0.05, 0) is 16.3 Å². The Kier molecular flexibility index (Phi) is 3.00. The first-order valence-corrected chi connectivity index (χ1v) is 5.71. The molecule has 0 aromatic heterocycles. The molecule has 0 radical (unpaired) electrons. The average molecular weight is 271 g/mol. The predicted octanol–water partition coefficient (Wildman–Crippen LogP) is 4.67. The highest BCUT2D eigenvalue weighted by Crippen LogP contribution is 2.30. The van der Waals surface area contributed by atoms with Crippen LogP contribution in [0.1, 0.15) is 17.6 Å². The summed E-state index contributed by atoms with van der Waals surface area (Å²) in [5.41, 5.74) is 0.800. The van der Waals surface area contributed by atoms with Crippen LogP contribution in [0.3, 0.4) is 0 Å². The van der Waals surface area contributed by atoms with Gasteiger partial charge in [0.2, 0.25) is 0 Å². The Morgan fingerprint density at radius 1 is 1.07 bits per heavy atom. The van der Waals surface area contributed by atoms with Crippen molar-refractivity contribution in [1.29, 1.82) is 0 Å². The van der Waals surface area contributed by atoms with E-state index in [-0.39, 0.29) is 5.56 Å². The number of fused-ring (bicyclic) bond motifs is 1. The monoisotopic (exact) mass is 270 g/mol. The fourth-order valence-corrected chi connectivity index (χ4v) is 2.33. The van der Waals surface area contributed by atoms with Crippen molar-refractivity contribution in [1.82, 2.24) is 0 Å². The number of alkyl halides is 3. The van der Waals surface area contributed by atoms with Crippen molar-refractivity contribution in [2.45, 2.75) is 11.8 Å². The van der Waals surface area contributed by atoms with Crippen LogP contribution in [0.4, 0.5) is 8.78 Å². The Balaban J connectivity index is 2.75.